The molecule has 1 aromatic heterocycles. The van der Waals surface area contributed by atoms with Gasteiger partial charge >= 0.3 is 0 Å². The van der Waals surface area contributed by atoms with Crippen molar-refractivity contribution in [2.24, 2.45) is 0 Å². The summed E-state index contributed by atoms with van der Waals surface area (Å²) in [6.45, 7) is 2.58. The van der Waals surface area contributed by atoms with Crippen molar-refractivity contribution >= 4 is 27.5 Å². The predicted molar refractivity (Wildman–Crippen MR) is 115 cm³/mol. The molecular formula is C23H25N3O2S. The van der Waals surface area contributed by atoms with Crippen LogP contribution in [0.3, 0.4) is 0 Å². The number of para-hydroxylation sites is 1. The Morgan fingerprint density at radius 2 is 1.86 bits per heavy atom. The summed E-state index contributed by atoms with van der Waals surface area (Å²) < 4.78 is 7.10. The largest absolute Gasteiger partial charge is 0.431 e. The molecule has 2 aliphatic heterocycles. The zero-order chi connectivity index (χ0) is 19.8. The molecule has 2 saturated heterocycles. The summed E-state index contributed by atoms with van der Waals surface area (Å²) in [6, 6.07) is 17.9. The number of ether oxygens (including phenoxy) is 1. The Morgan fingerprint density at radius 3 is 2.55 bits per heavy atom. The van der Waals surface area contributed by atoms with Crippen molar-refractivity contribution in [2.45, 2.75) is 57.3 Å². The fourth-order valence-corrected chi connectivity index (χ4v) is 5.64. The van der Waals surface area contributed by atoms with Crippen LogP contribution in [0.25, 0.3) is 10.2 Å². The Morgan fingerprint density at radius 1 is 1.14 bits per heavy atom. The van der Waals surface area contributed by atoms with Gasteiger partial charge in [-0.15, -0.1) is 0 Å². The maximum atomic E-state index is 11.4. The van der Waals surface area contributed by atoms with Crippen LogP contribution in [0.4, 0.5) is 0 Å². The van der Waals surface area contributed by atoms with E-state index in [2.05, 4.69) is 33.4 Å². The Kier molecular flexibility index (Phi) is 4.97. The van der Waals surface area contributed by atoms with Gasteiger partial charge in [-0.3, -0.25) is 9.69 Å². The van der Waals surface area contributed by atoms with Crippen LogP contribution in [0.5, 0.6) is 10.9 Å². The first kappa shape index (κ1) is 18.6. The maximum absolute atomic E-state index is 11.4. The third-order valence-electron chi connectivity index (χ3n) is 6.06. The van der Waals surface area contributed by atoms with E-state index >= 15 is 0 Å². The molecule has 3 atom stereocenters. The molecule has 6 heteroatoms. The fourth-order valence-electron chi connectivity index (χ4n) is 4.81. The summed E-state index contributed by atoms with van der Waals surface area (Å²) in [6.07, 6.45) is 4.60. The van der Waals surface area contributed by atoms with Crippen molar-refractivity contribution in [3.05, 3.63) is 54.1 Å². The molecule has 2 aromatic carbocycles. The van der Waals surface area contributed by atoms with Crippen LogP contribution in [0.15, 0.2) is 48.5 Å². The van der Waals surface area contributed by atoms with Gasteiger partial charge in [-0.1, -0.05) is 35.6 Å². The molecule has 2 unspecified atom stereocenters. The SMILES string of the molecule is CC(=O)NC1CC2CC[C@H](C1)N2Cc1ccc(Oc2nc3ccccc3s2)cc1. The Balaban J connectivity index is 1.22. The first-order chi connectivity index (χ1) is 14.1. The molecule has 3 heterocycles. The van der Waals surface area contributed by atoms with Gasteiger partial charge in [0.2, 0.25) is 5.91 Å². The smallest absolute Gasteiger partial charge is 0.279 e. The zero-order valence-corrected chi connectivity index (χ0v) is 17.3. The number of rotatable bonds is 5. The van der Waals surface area contributed by atoms with Crippen LogP contribution in [0.2, 0.25) is 0 Å². The first-order valence-electron chi connectivity index (χ1n) is 10.3. The van der Waals surface area contributed by atoms with E-state index in [4.69, 9.17) is 4.74 Å². The van der Waals surface area contributed by atoms with Crippen molar-refractivity contribution in [1.29, 1.82) is 0 Å². The van der Waals surface area contributed by atoms with Gasteiger partial charge in [0.15, 0.2) is 0 Å². The van der Waals surface area contributed by atoms with E-state index in [1.165, 1.54) is 18.4 Å². The minimum Gasteiger partial charge on any atom is -0.431 e. The Labute approximate surface area is 174 Å². The number of piperidine rings is 1. The quantitative estimate of drug-likeness (QED) is 0.665. The molecule has 150 valence electrons. The second-order valence-electron chi connectivity index (χ2n) is 8.12. The Hall–Kier alpha value is -2.44. The monoisotopic (exact) mass is 407 g/mol. The van der Waals surface area contributed by atoms with Gasteiger partial charge in [-0.2, -0.15) is 0 Å². The number of nitrogens with one attached hydrogen (secondary N) is 1. The molecule has 0 spiro atoms. The van der Waals surface area contributed by atoms with Crippen molar-refractivity contribution in [2.75, 3.05) is 0 Å². The van der Waals surface area contributed by atoms with E-state index in [-0.39, 0.29) is 5.91 Å². The van der Waals surface area contributed by atoms with E-state index in [9.17, 15) is 4.79 Å². The normalized spacial score (nSPS) is 24.0. The number of fused-ring (bicyclic) bond motifs is 3. The summed E-state index contributed by atoms with van der Waals surface area (Å²) in [4.78, 5) is 18.6. The summed E-state index contributed by atoms with van der Waals surface area (Å²) in [5.74, 6) is 0.909. The van der Waals surface area contributed by atoms with Crippen molar-refractivity contribution in [3.8, 4) is 10.9 Å². The van der Waals surface area contributed by atoms with Crippen LogP contribution in [-0.4, -0.2) is 33.9 Å². The van der Waals surface area contributed by atoms with Gasteiger partial charge in [-0.25, -0.2) is 4.98 Å². The van der Waals surface area contributed by atoms with E-state index in [1.807, 2.05) is 30.3 Å². The summed E-state index contributed by atoms with van der Waals surface area (Å²) in [5, 5.41) is 3.80. The van der Waals surface area contributed by atoms with Gasteiger partial charge in [0.25, 0.3) is 5.19 Å². The van der Waals surface area contributed by atoms with Crippen LogP contribution in [0.1, 0.15) is 38.2 Å². The second kappa shape index (κ2) is 7.76. The summed E-state index contributed by atoms with van der Waals surface area (Å²) >= 11 is 1.57. The number of nitrogens with zero attached hydrogens (tertiary/aromatic N) is 2. The topological polar surface area (TPSA) is 54.5 Å². The van der Waals surface area contributed by atoms with Gasteiger partial charge in [0, 0.05) is 31.6 Å². The molecule has 29 heavy (non-hydrogen) atoms. The van der Waals surface area contributed by atoms with E-state index < -0.39 is 0 Å². The van der Waals surface area contributed by atoms with Gasteiger partial charge in [0.1, 0.15) is 5.75 Å². The maximum Gasteiger partial charge on any atom is 0.279 e. The molecule has 2 bridgehead atoms. The van der Waals surface area contributed by atoms with Crippen molar-refractivity contribution < 1.29 is 9.53 Å². The highest BCUT2D eigenvalue weighted by molar-refractivity contribution is 7.20. The van der Waals surface area contributed by atoms with Crippen LogP contribution >= 0.6 is 11.3 Å². The van der Waals surface area contributed by atoms with Crippen molar-refractivity contribution in [1.82, 2.24) is 15.2 Å². The van der Waals surface area contributed by atoms with E-state index in [1.54, 1.807) is 18.3 Å². The van der Waals surface area contributed by atoms with Crippen molar-refractivity contribution in [3.63, 3.8) is 0 Å². The van der Waals surface area contributed by atoms with Gasteiger partial charge < -0.3 is 10.1 Å². The number of benzene rings is 2. The number of aromatic nitrogens is 1. The molecule has 1 amide bonds. The minimum absolute atomic E-state index is 0.0894. The Bertz CT molecular complexity index is 969. The molecule has 1 N–H and O–H groups in total. The van der Waals surface area contributed by atoms with Gasteiger partial charge in [-0.05, 0) is 55.5 Å². The predicted octanol–water partition coefficient (Wildman–Crippen LogP) is 4.72. The lowest BCUT2D eigenvalue weighted by atomic mass is 9.96. The molecule has 2 fully saturated rings. The van der Waals surface area contributed by atoms with Crippen LogP contribution in [-0.2, 0) is 11.3 Å². The zero-order valence-electron chi connectivity index (χ0n) is 16.5. The molecule has 2 aliphatic rings. The average Bonchev–Trinajstić information content (AvgIpc) is 3.20. The lowest BCUT2D eigenvalue weighted by Crippen LogP contribution is -2.49. The highest BCUT2D eigenvalue weighted by Crippen LogP contribution is 2.37. The second-order valence-corrected chi connectivity index (χ2v) is 9.11. The van der Waals surface area contributed by atoms with Crippen LogP contribution < -0.4 is 10.1 Å². The third-order valence-corrected chi connectivity index (χ3v) is 6.97. The summed E-state index contributed by atoms with van der Waals surface area (Å²) in [5.41, 5.74) is 2.28. The molecule has 0 aliphatic carbocycles. The highest BCUT2D eigenvalue weighted by Gasteiger charge is 2.40. The molecule has 0 saturated carbocycles. The minimum atomic E-state index is 0.0894. The lowest BCUT2D eigenvalue weighted by molar-refractivity contribution is -0.120. The molecule has 5 rings (SSSR count). The average molecular weight is 408 g/mol. The standard InChI is InChI=1S/C23H25N3O2S/c1-15(27)24-17-12-18-8-9-19(13-17)26(18)14-16-6-10-20(11-7-16)28-23-25-21-4-2-3-5-22(21)29-23/h2-7,10-11,17-19H,8-9,12-14H2,1H3,(H,24,27)/t17?,18-,19?/m1/s1. The number of hydrogen-bond donors (Lipinski definition) is 1. The number of thiazole rings is 1. The fraction of sp³-hybridized carbons (Fsp3) is 0.391. The van der Waals surface area contributed by atoms with E-state index in [0.717, 1.165) is 35.4 Å². The molecule has 3 aromatic rings. The van der Waals surface area contributed by atoms with Crippen LogP contribution in [0, 0.1) is 0 Å². The molecule has 5 nitrogen and oxygen atoms in total. The number of carbonyl (C=O) groups is 1. The third kappa shape index (κ3) is 4.00. The number of hydrogen-bond acceptors (Lipinski definition) is 5. The lowest BCUT2D eigenvalue weighted by Gasteiger charge is -2.39. The first-order valence-corrected chi connectivity index (χ1v) is 11.1. The number of carbonyl (C=O) groups excluding carboxylic acids is 1. The van der Waals surface area contributed by atoms with E-state index in [0.29, 0.717) is 23.3 Å². The summed E-state index contributed by atoms with van der Waals surface area (Å²) in [7, 11) is 0. The molecule has 0 radical (unpaired) electrons. The molecular weight excluding hydrogens is 382 g/mol. The highest BCUT2D eigenvalue weighted by atomic mass is 32.1. The number of amides is 1. The van der Waals surface area contributed by atoms with Gasteiger partial charge in [0.05, 0.1) is 10.2 Å².